The van der Waals surface area contributed by atoms with Crippen molar-refractivity contribution in [1.82, 2.24) is 0 Å². The minimum Gasteiger partial charge on any atom is -0.481 e. The molecule has 590 valence electrons. The van der Waals surface area contributed by atoms with E-state index in [-0.39, 0.29) is 6.42 Å². The number of hydrogen-bond donors (Lipinski definition) is 22. The van der Waals surface area contributed by atoms with Crippen LogP contribution in [0.5, 0.6) is 0 Å². The first-order chi connectivity index (χ1) is 47.8. The molecule has 0 bridgehead atoms. The Morgan fingerprint density at radius 2 is 0.614 bits per heavy atom. The molecule has 8 heterocycles. The fourth-order valence-corrected chi connectivity index (χ4v) is 13.6. The van der Waals surface area contributed by atoms with Crippen LogP contribution < -0.4 is 0 Å². The minimum absolute atomic E-state index is 0.210. The largest absolute Gasteiger partial charge is 0.481 e. The summed E-state index contributed by atoms with van der Waals surface area (Å²) in [7, 11) is 0. The first kappa shape index (κ1) is 84.6. The van der Waals surface area contributed by atoms with Crippen LogP contribution in [0.2, 0.25) is 0 Å². The third kappa shape index (κ3) is 19.9. The monoisotopic (exact) mass is 1480 g/mol. The van der Waals surface area contributed by atoms with Crippen LogP contribution >= 0.6 is 0 Å². The molecule has 8 rings (SSSR count). The zero-order valence-corrected chi connectivity index (χ0v) is 56.7. The smallest absolute Gasteiger partial charge is 0.305 e. The maximum atomic E-state index is 12.7. The van der Waals surface area contributed by atoms with E-state index in [0.29, 0.717) is 51.4 Å². The Balaban J connectivity index is 1.00. The van der Waals surface area contributed by atoms with Crippen LogP contribution in [0.15, 0.2) is 0 Å². The van der Waals surface area contributed by atoms with Crippen LogP contribution in [0.1, 0.15) is 106 Å². The summed E-state index contributed by atoms with van der Waals surface area (Å²) in [5.74, 6) is -1.20. The molecule has 101 heavy (non-hydrogen) atoms. The first-order valence-electron chi connectivity index (χ1n) is 34.5. The van der Waals surface area contributed by atoms with E-state index in [2.05, 4.69) is 0 Å². The maximum Gasteiger partial charge on any atom is 0.305 e. The lowest BCUT2D eigenvalue weighted by molar-refractivity contribution is -0.415. The third-order valence-electron chi connectivity index (χ3n) is 19.9. The summed E-state index contributed by atoms with van der Waals surface area (Å²) in [5.41, 5.74) is 0. The molecule has 42 atom stereocenters. The van der Waals surface area contributed by atoms with Crippen molar-refractivity contribution in [2.24, 2.45) is 0 Å². The fraction of sp³-hybridized carbons (Fsp3) is 0.984. The van der Waals surface area contributed by atoms with Crippen molar-refractivity contribution >= 4 is 5.97 Å². The average molecular weight is 1480 g/mol. The zero-order chi connectivity index (χ0) is 74.3. The van der Waals surface area contributed by atoms with E-state index in [1.54, 1.807) is 0 Å². The van der Waals surface area contributed by atoms with Crippen molar-refractivity contribution in [3.05, 3.63) is 0 Å². The van der Waals surface area contributed by atoms with Crippen LogP contribution in [0, 0.1) is 0 Å². The van der Waals surface area contributed by atoms with Gasteiger partial charge in [0.2, 0.25) is 0 Å². The Labute approximate surface area is 580 Å². The molecular formula is C62H108O39. The molecule has 8 saturated heterocycles. The SMILES string of the molecule is CCC[C@@H](CCCCCCC[C@@H](CC(=O)O)O[C@@H]1O[C@H](CO)[C@@H](O)[C@H](O)[C@H]1O)O[C@@H]1O[C@H](C)[C@H](O)[C@H](O)[C@H]1O[C@@H]1O[C@H](CO)[C@@H](O)[C@H](O)[C@H]1O[C@@H]1O[C@@H](C)[C@H](O[C@@H]2O[C@H](C)[C@@H](O)[C@H](O)[C@H]2O)[C@@H](O[C@@H]2O[C@H](CO)[C@@H](O)[C@H](O)[C@H]2O[C@@H]2O[C@H](C)[C@@H](O)[C@H](O[C@@H]3O[C@@H](C)[C@H](O)[C@@H](O)[C@H]3O)[C@H]2O)[C@H]1O. The molecule has 8 aliphatic rings. The topological polar surface area (TPSA) is 610 Å². The van der Waals surface area contributed by atoms with Gasteiger partial charge in [0.1, 0.15) is 165 Å². The molecule has 0 aromatic rings. The maximum absolute atomic E-state index is 12.7. The number of carbonyl (C=O) groups is 1. The quantitative estimate of drug-likeness (QED) is 0.0287. The van der Waals surface area contributed by atoms with Gasteiger partial charge in [-0.05, 0) is 53.9 Å². The van der Waals surface area contributed by atoms with E-state index in [4.69, 9.17) is 75.8 Å². The standard InChI is InChI=1S/C62H108O39/c1-7-13-25(14-11-9-8-10-12-15-26(16-30(66)67)92-57-46(83)40(77)35(72)27(17-63)93-57)91-60-52(41(78)33(70)22(4)89-60)101-62-54(43(80)37(74)29(19-65)95-62)100-59-48(85)51(49(24(6)90-59)96-55-44(81)38(75)31(68)20(2)86-55)98-61-53(42(79)36(73)28(18-64)94-61)99-58-47(84)50(34(71)23(5)88-58)97-56-45(82)39(76)32(69)21(3)87-56/h20-29,31-65,68-85H,7-19H2,1-6H3,(H,66,67)/t20-,21+,22-,23-,24+,25+,26+,27-,28-,29-,31-,32+,33+,34-,35-,36-,37-,38+,39-,40+,41+,42+,43+,44-,45-,46-,47-,48-,49+,50+,51+,52-,53-,54-,55+,56+,57-,58+,59+,60+,61+,62+/m1/s1. The highest BCUT2D eigenvalue weighted by atomic mass is 16.8. The van der Waals surface area contributed by atoms with Gasteiger partial charge in [-0.15, -0.1) is 0 Å². The van der Waals surface area contributed by atoms with Crippen LogP contribution in [-0.2, 0) is 80.6 Å². The molecule has 0 spiro atoms. The van der Waals surface area contributed by atoms with E-state index in [0.717, 1.165) is 0 Å². The Morgan fingerprint density at radius 3 is 1.09 bits per heavy atom. The van der Waals surface area contributed by atoms with Crippen molar-refractivity contribution in [1.29, 1.82) is 0 Å². The average Bonchev–Trinajstić information content (AvgIpc) is 0.768. The molecule has 39 heteroatoms. The van der Waals surface area contributed by atoms with Gasteiger partial charge in [-0.1, -0.05) is 45.4 Å². The molecular weight excluding hydrogens is 1370 g/mol. The molecule has 22 N–H and O–H groups in total. The summed E-state index contributed by atoms with van der Waals surface area (Å²) < 4.78 is 96.2. The number of carboxylic acids is 1. The van der Waals surface area contributed by atoms with Crippen LogP contribution in [-0.4, -0.2) is 396 Å². The molecule has 8 fully saturated rings. The Bertz CT molecular complexity index is 2450. The Hall–Kier alpha value is -2.01. The van der Waals surface area contributed by atoms with Crippen molar-refractivity contribution in [3.8, 4) is 0 Å². The molecule has 0 saturated carbocycles. The summed E-state index contributed by atoms with van der Waals surface area (Å²) in [6.45, 7) is 5.96. The van der Waals surface area contributed by atoms with Crippen molar-refractivity contribution in [3.63, 3.8) is 0 Å². The summed E-state index contributed by atoms with van der Waals surface area (Å²) >= 11 is 0. The van der Waals surface area contributed by atoms with Gasteiger partial charge in [-0.3, -0.25) is 4.79 Å². The lowest BCUT2D eigenvalue weighted by Gasteiger charge is -2.51. The number of ether oxygens (including phenoxy) is 16. The highest BCUT2D eigenvalue weighted by molar-refractivity contribution is 5.67. The third-order valence-corrected chi connectivity index (χ3v) is 19.9. The number of aliphatic carboxylic acids is 1. The van der Waals surface area contributed by atoms with Crippen LogP contribution in [0.4, 0.5) is 0 Å². The molecule has 0 aliphatic carbocycles. The number of unbranched alkanes of at least 4 members (excludes halogenated alkanes) is 4. The van der Waals surface area contributed by atoms with Gasteiger partial charge in [-0.2, -0.15) is 0 Å². The van der Waals surface area contributed by atoms with E-state index in [1.807, 2.05) is 6.92 Å². The van der Waals surface area contributed by atoms with Crippen LogP contribution in [0.3, 0.4) is 0 Å². The molecule has 0 aromatic carbocycles. The lowest BCUT2D eigenvalue weighted by atomic mass is 9.95. The van der Waals surface area contributed by atoms with Crippen LogP contribution in [0.25, 0.3) is 0 Å². The Kier molecular flexibility index (Phi) is 31.7. The van der Waals surface area contributed by atoms with Gasteiger partial charge < -0.3 is 188 Å². The number of rotatable bonds is 31. The van der Waals surface area contributed by atoms with E-state index in [1.165, 1.54) is 34.6 Å². The second-order valence-electron chi connectivity index (χ2n) is 27.4. The van der Waals surface area contributed by atoms with Crippen molar-refractivity contribution in [2.45, 2.75) is 364 Å². The molecule has 8 aliphatic heterocycles. The van der Waals surface area contributed by atoms with Gasteiger partial charge in [-0.25, -0.2) is 0 Å². The molecule has 0 unspecified atom stereocenters. The lowest BCUT2D eigenvalue weighted by Crippen LogP contribution is -2.69. The molecule has 39 nitrogen and oxygen atoms in total. The predicted octanol–water partition coefficient (Wildman–Crippen LogP) is -9.55. The van der Waals surface area contributed by atoms with Gasteiger partial charge in [0, 0.05) is 0 Å². The van der Waals surface area contributed by atoms with E-state index < -0.39 is 290 Å². The highest BCUT2D eigenvalue weighted by Gasteiger charge is 2.59. The normalized spacial score (nSPS) is 49.3. The predicted molar refractivity (Wildman–Crippen MR) is 326 cm³/mol. The number of aliphatic hydroxyl groups is 21. The van der Waals surface area contributed by atoms with Crippen molar-refractivity contribution in [2.75, 3.05) is 19.8 Å². The fourth-order valence-electron chi connectivity index (χ4n) is 13.6. The summed E-state index contributed by atoms with van der Waals surface area (Å²) in [5, 5.41) is 240. The zero-order valence-electron chi connectivity index (χ0n) is 56.7. The number of hydrogen-bond acceptors (Lipinski definition) is 38. The second-order valence-corrected chi connectivity index (χ2v) is 27.4. The molecule has 0 aromatic heterocycles. The summed E-state index contributed by atoms with van der Waals surface area (Å²) in [4.78, 5) is 11.7. The van der Waals surface area contributed by atoms with E-state index >= 15 is 0 Å². The highest BCUT2D eigenvalue weighted by Crippen LogP contribution is 2.40. The summed E-state index contributed by atoms with van der Waals surface area (Å²) in [6.07, 6.45) is -68.8. The van der Waals surface area contributed by atoms with Gasteiger partial charge in [0.25, 0.3) is 0 Å². The van der Waals surface area contributed by atoms with Gasteiger partial charge in [0.05, 0.1) is 69.0 Å². The first-order valence-corrected chi connectivity index (χ1v) is 34.5. The van der Waals surface area contributed by atoms with E-state index in [9.17, 15) is 117 Å². The van der Waals surface area contributed by atoms with Crippen molar-refractivity contribution < 1.29 is 193 Å². The Morgan fingerprint density at radius 1 is 0.297 bits per heavy atom. The number of aliphatic hydroxyl groups excluding tert-OH is 21. The summed E-state index contributed by atoms with van der Waals surface area (Å²) in [6, 6.07) is 0. The molecule has 0 radical (unpaired) electrons. The van der Waals surface area contributed by atoms with Gasteiger partial charge >= 0.3 is 5.97 Å². The number of carboxylic acid groups (broad SMARTS) is 1. The minimum atomic E-state index is -2.31. The molecule has 0 amide bonds. The van der Waals surface area contributed by atoms with Gasteiger partial charge in [0.15, 0.2) is 50.3 Å². The second kappa shape index (κ2) is 37.9.